The Bertz CT molecular complexity index is 805. The van der Waals surface area contributed by atoms with Gasteiger partial charge in [-0.1, -0.05) is 19.1 Å². The Hall–Kier alpha value is -2.70. The molecule has 0 aliphatic carbocycles. The van der Waals surface area contributed by atoms with E-state index in [1.807, 2.05) is 12.1 Å². The molecule has 0 saturated carbocycles. The molecule has 0 spiro atoms. The third-order valence-corrected chi connectivity index (χ3v) is 5.13. The molecule has 1 N–H and O–H groups in total. The molecule has 1 aliphatic rings. The van der Waals surface area contributed by atoms with E-state index in [9.17, 15) is 13.6 Å². The molecule has 28 heavy (non-hydrogen) atoms. The lowest BCUT2D eigenvalue weighted by Gasteiger charge is -2.31. The fourth-order valence-electron chi connectivity index (χ4n) is 3.24. The molecule has 3 rings (SSSR count). The van der Waals surface area contributed by atoms with Crippen LogP contribution in [0.5, 0.6) is 0 Å². The highest BCUT2D eigenvalue weighted by Gasteiger charge is 2.17. The zero-order chi connectivity index (χ0) is 20.1. The van der Waals surface area contributed by atoms with Crippen molar-refractivity contribution in [2.75, 3.05) is 25.0 Å². The van der Waals surface area contributed by atoms with Crippen LogP contribution in [0.25, 0.3) is 0 Å². The Morgan fingerprint density at radius 3 is 2.64 bits per heavy atom. The summed E-state index contributed by atoms with van der Waals surface area (Å²) in [6.45, 7) is 4.71. The van der Waals surface area contributed by atoms with Gasteiger partial charge in [-0.25, -0.2) is 18.6 Å². The number of hydrogen-bond donors (Lipinski definition) is 1. The third kappa shape index (κ3) is 5.18. The van der Waals surface area contributed by atoms with Crippen LogP contribution < -0.4 is 10.2 Å². The summed E-state index contributed by atoms with van der Waals surface area (Å²) in [7, 11) is 1.57. The number of aromatic nitrogens is 1. The number of hydrogen-bond acceptors (Lipinski definition) is 3. The third-order valence-electron chi connectivity index (χ3n) is 5.13. The largest absolute Gasteiger partial charge is 0.357 e. The average molecular weight is 388 g/mol. The van der Waals surface area contributed by atoms with Crippen LogP contribution >= 0.6 is 0 Å². The number of halogens is 2. The first-order valence-corrected chi connectivity index (χ1v) is 9.55. The van der Waals surface area contributed by atoms with E-state index in [1.54, 1.807) is 13.2 Å². The summed E-state index contributed by atoms with van der Waals surface area (Å²) in [5.74, 6) is 0.437. The number of urea groups is 1. The van der Waals surface area contributed by atoms with E-state index in [4.69, 9.17) is 0 Å². The van der Waals surface area contributed by atoms with Gasteiger partial charge in [0, 0.05) is 51.1 Å². The maximum Gasteiger partial charge on any atom is 0.317 e. The van der Waals surface area contributed by atoms with Crippen LogP contribution in [0.2, 0.25) is 0 Å². The molecule has 0 radical (unpaired) electrons. The number of rotatable bonds is 5. The number of anilines is 1. The lowest BCUT2D eigenvalue weighted by atomic mass is 9.99. The Morgan fingerprint density at radius 2 is 2.00 bits per heavy atom. The van der Waals surface area contributed by atoms with E-state index in [-0.39, 0.29) is 18.1 Å². The molecule has 1 aromatic carbocycles. The van der Waals surface area contributed by atoms with Crippen molar-refractivity contribution in [3.05, 3.63) is 59.3 Å². The minimum atomic E-state index is -0.661. The first-order chi connectivity index (χ1) is 13.4. The second kappa shape index (κ2) is 8.99. The SMILES string of the molecule is CC1CCN(c2ccc(CNC(=O)N(C)Cc3ccc(F)cc3F)cn2)CC1. The Kier molecular flexibility index (Phi) is 6.44. The number of piperidine rings is 1. The highest BCUT2D eigenvalue weighted by molar-refractivity contribution is 5.73. The quantitative estimate of drug-likeness (QED) is 0.844. The summed E-state index contributed by atoms with van der Waals surface area (Å²) in [4.78, 5) is 20.4. The summed E-state index contributed by atoms with van der Waals surface area (Å²) < 4.78 is 26.7. The zero-order valence-corrected chi connectivity index (χ0v) is 16.3. The van der Waals surface area contributed by atoms with Crippen LogP contribution in [-0.4, -0.2) is 36.1 Å². The van der Waals surface area contributed by atoms with E-state index in [1.165, 1.54) is 29.9 Å². The maximum absolute atomic E-state index is 13.7. The summed E-state index contributed by atoms with van der Waals surface area (Å²) >= 11 is 0. The molecule has 2 amide bonds. The predicted molar refractivity (Wildman–Crippen MR) is 105 cm³/mol. The number of pyridine rings is 1. The van der Waals surface area contributed by atoms with Gasteiger partial charge in [-0.15, -0.1) is 0 Å². The van der Waals surface area contributed by atoms with Crippen molar-refractivity contribution in [2.24, 2.45) is 5.92 Å². The van der Waals surface area contributed by atoms with E-state index in [2.05, 4.69) is 22.1 Å². The molecule has 1 saturated heterocycles. The van der Waals surface area contributed by atoms with Gasteiger partial charge in [-0.3, -0.25) is 0 Å². The van der Waals surface area contributed by atoms with E-state index >= 15 is 0 Å². The van der Waals surface area contributed by atoms with Crippen LogP contribution in [0.3, 0.4) is 0 Å². The van der Waals surface area contributed by atoms with Crippen molar-refractivity contribution in [2.45, 2.75) is 32.9 Å². The lowest BCUT2D eigenvalue weighted by Crippen LogP contribution is -2.36. The van der Waals surface area contributed by atoms with E-state index in [0.29, 0.717) is 6.54 Å². The molecular formula is C21H26F2N4O. The maximum atomic E-state index is 13.7. The monoisotopic (exact) mass is 388 g/mol. The van der Waals surface area contributed by atoms with Gasteiger partial charge in [0.1, 0.15) is 17.5 Å². The highest BCUT2D eigenvalue weighted by atomic mass is 19.1. The summed E-state index contributed by atoms with van der Waals surface area (Å²) in [6.07, 6.45) is 4.13. The molecule has 1 fully saturated rings. The normalized spacial score (nSPS) is 14.8. The Morgan fingerprint density at radius 1 is 1.25 bits per heavy atom. The van der Waals surface area contributed by atoms with Gasteiger partial charge in [-0.05, 0) is 36.5 Å². The van der Waals surface area contributed by atoms with Crippen molar-refractivity contribution in [3.63, 3.8) is 0 Å². The predicted octanol–water partition coefficient (Wildman–Crippen LogP) is 3.94. The molecule has 0 unspecified atom stereocenters. The Labute approximate surface area is 164 Å². The minimum Gasteiger partial charge on any atom is -0.357 e. The number of nitrogens with one attached hydrogen (secondary N) is 1. The average Bonchev–Trinajstić information content (AvgIpc) is 2.69. The molecule has 0 bridgehead atoms. The summed E-state index contributed by atoms with van der Waals surface area (Å²) in [6, 6.07) is 6.95. The van der Waals surface area contributed by atoms with Gasteiger partial charge in [0.15, 0.2) is 0 Å². The molecule has 150 valence electrons. The van der Waals surface area contributed by atoms with Crippen molar-refractivity contribution < 1.29 is 13.6 Å². The topological polar surface area (TPSA) is 48.5 Å². The van der Waals surface area contributed by atoms with Crippen LogP contribution in [0.4, 0.5) is 19.4 Å². The highest BCUT2D eigenvalue weighted by Crippen LogP contribution is 2.21. The van der Waals surface area contributed by atoms with Gasteiger partial charge in [0.2, 0.25) is 0 Å². The van der Waals surface area contributed by atoms with Crippen LogP contribution in [-0.2, 0) is 13.1 Å². The molecule has 2 heterocycles. The zero-order valence-electron chi connectivity index (χ0n) is 16.3. The first-order valence-electron chi connectivity index (χ1n) is 9.55. The smallest absolute Gasteiger partial charge is 0.317 e. The van der Waals surface area contributed by atoms with Gasteiger partial charge >= 0.3 is 6.03 Å². The molecule has 5 nitrogen and oxygen atoms in total. The summed E-state index contributed by atoms with van der Waals surface area (Å²) in [5.41, 5.74) is 1.16. The number of carbonyl (C=O) groups excluding carboxylic acids is 1. The van der Waals surface area contributed by atoms with Crippen molar-refractivity contribution in [1.29, 1.82) is 0 Å². The molecule has 1 aromatic heterocycles. The fourth-order valence-corrected chi connectivity index (χ4v) is 3.24. The second-order valence-corrected chi connectivity index (χ2v) is 7.44. The van der Waals surface area contributed by atoms with E-state index < -0.39 is 11.6 Å². The number of carbonyl (C=O) groups is 1. The van der Waals surface area contributed by atoms with Crippen LogP contribution in [0.15, 0.2) is 36.5 Å². The summed E-state index contributed by atoms with van der Waals surface area (Å²) in [5, 5.41) is 2.79. The van der Waals surface area contributed by atoms with Crippen molar-refractivity contribution >= 4 is 11.8 Å². The standard InChI is InChI=1S/C21H26F2N4O/c1-15-7-9-27(10-8-15)20-6-3-16(12-24-20)13-25-21(28)26(2)14-17-4-5-18(22)11-19(17)23/h3-6,11-12,15H,7-10,13-14H2,1-2H3,(H,25,28). The molecule has 0 atom stereocenters. The molecule has 2 aromatic rings. The van der Waals surface area contributed by atoms with Gasteiger partial charge in [0.25, 0.3) is 0 Å². The molecule has 7 heteroatoms. The first kappa shape index (κ1) is 20.0. The van der Waals surface area contributed by atoms with Crippen molar-refractivity contribution in [1.82, 2.24) is 15.2 Å². The van der Waals surface area contributed by atoms with Gasteiger partial charge in [0.05, 0.1) is 0 Å². The molecular weight excluding hydrogens is 362 g/mol. The number of nitrogens with zero attached hydrogens (tertiary/aromatic N) is 3. The Balaban J connectivity index is 1.49. The van der Waals surface area contributed by atoms with Gasteiger partial charge < -0.3 is 15.1 Å². The van der Waals surface area contributed by atoms with Crippen LogP contribution in [0, 0.1) is 17.6 Å². The van der Waals surface area contributed by atoms with Crippen LogP contribution in [0.1, 0.15) is 30.9 Å². The van der Waals surface area contributed by atoms with E-state index in [0.717, 1.165) is 36.5 Å². The van der Waals surface area contributed by atoms with Crippen molar-refractivity contribution in [3.8, 4) is 0 Å². The number of amides is 2. The molecule has 1 aliphatic heterocycles. The lowest BCUT2D eigenvalue weighted by molar-refractivity contribution is 0.206. The number of benzene rings is 1. The second-order valence-electron chi connectivity index (χ2n) is 7.44. The minimum absolute atomic E-state index is 0.0581. The fraction of sp³-hybridized carbons (Fsp3) is 0.429. The van der Waals surface area contributed by atoms with Gasteiger partial charge in [-0.2, -0.15) is 0 Å².